The van der Waals surface area contributed by atoms with Crippen molar-refractivity contribution in [2.45, 2.75) is 51.6 Å². The summed E-state index contributed by atoms with van der Waals surface area (Å²) in [5.41, 5.74) is 11.6. The summed E-state index contributed by atoms with van der Waals surface area (Å²) in [6.07, 6.45) is 4.68. The van der Waals surface area contributed by atoms with Crippen molar-refractivity contribution >= 4 is 222 Å². The van der Waals surface area contributed by atoms with E-state index in [-0.39, 0.29) is 76.5 Å². The molecule has 4 aromatic heterocycles. The number of ketones is 1. The fourth-order valence-corrected chi connectivity index (χ4v) is 5.93. The second kappa shape index (κ2) is 49.6. The molecule has 0 spiro atoms. The molecule has 32 heteroatoms. The van der Waals surface area contributed by atoms with Gasteiger partial charge in [0.05, 0.1) is 30.0 Å². The second-order valence-corrected chi connectivity index (χ2v) is 62.1. The molecule has 0 saturated heterocycles. The summed E-state index contributed by atoms with van der Waals surface area (Å²) >= 11 is 26.8. The molecular formula is C49H49BrClF6I8N6O8V2. The number of hydrogen-bond acceptors (Lipinski definition) is 13. The van der Waals surface area contributed by atoms with E-state index in [9.17, 15) is 40.7 Å². The van der Waals surface area contributed by atoms with Crippen LogP contribution in [0.1, 0.15) is 53.6 Å². The first-order valence-electron chi connectivity index (χ1n) is 21.9. The molecule has 0 aliphatic heterocycles. The van der Waals surface area contributed by atoms with Crippen molar-refractivity contribution in [1.29, 1.82) is 0 Å². The third kappa shape index (κ3) is 33.5. The summed E-state index contributed by atoms with van der Waals surface area (Å²) in [6, 6.07) is 20.7. The number of fused-ring (bicyclic) bond motifs is 1. The van der Waals surface area contributed by atoms with Gasteiger partial charge in [-0.2, -0.15) is 0 Å². The molecule has 4 heterocycles. The fourth-order valence-electron chi connectivity index (χ4n) is 5.33. The summed E-state index contributed by atoms with van der Waals surface area (Å²) < 4.78 is 101. The maximum absolute atomic E-state index is 13.7. The molecule has 0 fully saturated rings. The fraction of sp³-hybridized carbons (Fsp3) is 0.224. The molecule has 5 N–H and O–H groups in total. The standard InChI is InChI=1S/C18H16F2N2O3.C12H10F2N2O.C7H5BrF2.C6H9ClO3.C5H6N2O.CH3I.I2.5HI.2V/c1-3-24-18(23)16-11(2)21-17-15(8-5-9-22(16)17)25-10-12-13(19)6-4-7-14(12)20;13-9-3-1-4-10(14)8(9)7-17-11-5-2-6-16-12(11)15;8-4-5-6(9)2-1-3-7(5)10;1-3-10-6(9)5(7)4(2)8;6-5-4(8)2-1-3-7-5;2*1-2;;;;;;;/h4-9H,3,10H2,1-2H3;1-6H,7H2,(H2,15,16);1-3H,4H2;5H,3H2,1-2H3;1-3,8H,(H2,6,7);1H3;;5*1H;;/q;;;;;;;;;;;;+2;+3/p-5. The minimum atomic E-state index is -1.14. The summed E-state index contributed by atoms with van der Waals surface area (Å²) in [6.45, 7) is 6.26. The number of nitrogens with zero attached hydrogens (tertiary/aromatic N) is 4. The van der Waals surface area contributed by atoms with Crippen molar-refractivity contribution in [2.24, 2.45) is 0 Å². The van der Waals surface area contributed by atoms with Gasteiger partial charge >= 0.3 is 126 Å². The molecule has 3 aromatic carbocycles. The number of halogens is 16. The van der Waals surface area contributed by atoms with Gasteiger partial charge in [0.25, 0.3) is 0 Å². The van der Waals surface area contributed by atoms with Crippen LogP contribution in [0.3, 0.4) is 0 Å². The molecule has 0 amide bonds. The first-order valence-corrected chi connectivity index (χ1v) is 54.4. The molecule has 0 aliphatic carbocycles. The normalized spacial score (nSPS) is 9.90. The van der Waals surface area contributed by atoms with E-state index in [2.05, 4.69) is 195 Å². The molecule has 81 heavy (non-hydrogen) atoms. The number of pyridine rings is 3. The van der Waals surface area contributed by atoms with Crippen LogP contribution in [-0.2, 0) is 52.0 Å². The summed E-state index contributed by atoms with van der Waals surface area (Å²) in [5, 5.41) is 7.81. The number of aryl methyl sites for hydroxylation is 1. The molecular weight excluding hydrogens is 2150 g/mol. The summed E-state index contributed by atoms with van der Waals surface area (Å²) in [5.74, 6) is -4.21. The topological polar surface area (TPSA) is 203 Å². The van der Waals surface area contributed by atoms with Gasteiger partial charge < -0.3 is 35.5 Å². The second-order valence-electron chi connectivity index (χ2n) is 13.9. The van der Waals surface area contributed by atoms with Crippen molar-refractivity contribution in [3.63, 3.8) is 0 Å². The Balaban J connectivity index is 0. The third-order valence-corrected chi connectivity index (χ3v) is 9.83. The molecule has 445 valence electrons. The number of nitrogens with two attached hydrogens (primary N) is 2. The van der Waals surface area contributed by atoms with Crippen LogP contribution < -0.4 is 20.9 Å². The van der Waals surface area contributed by atoms with Gasteiger partial charge in [-0.25, -0.2) is 50.9 Å². The number of anilines is 2. The monoisotopic (exact) mass is 2190 g/mol. The van der Waals surface area contributed by atoms with Crippen molar-refractivity contribution < 1.29 is 79.2 Å². The molecule has 0 saturated carbocycles. The number of aromatic nitrogens is 4. The van der Waals surface area contributed by atoms with Gasteiger partial charge in [0.15, 0.2) is 51.4 Å². The number of Topliss-reactive ketones (excluding diaryl/α,β-unsaturated/α-hetero) is 1. The number of benzene rings is 3. The molecule has 7 aromatic rings. The van der Waals surface area contributed by atoms with Gasteiger partial charge in [0.1, 0.15) is 48.1 Å². The van der Waals surface area contributed by atoms with Crippen LogP contribution in [0.5, 0.6) is 17.2 Å². The van der Waals surface area contributed by atoms with E-state index in [1.54, 1.807) is 61.7 Å². The number of carbonyl (C=O) groups is 3. The first kappa shape index (κ1) is 82.7. The molecule has 0 radical (unpaired) electrons. The van der Waals surface area contributed by atoms with Gasteiger partial charge in [-0.05, 0) is 105 Å². The summed E-state index contributed by atoms with van der Waals surface area (Å²) in [4.78, 5) is 46.6. The number of imidazole rings is 1. The van der Waals surface area contributed by atoms with Gasteiger partial charge in [0, 0.05) is 66.7 Å². The number of nitrogen functional groups attached to an aromatic ring is 2. The number of aromatic hydroxyl groups is 1. The molecule has 1 atom stereocenters. The van der Waals surface area contributed by atoms with E-state index in [0.717, 1.165) is 0 Å². The number of rotatable bonds is 12. The average molecular weight is 2200 g/mol. The van der Waals surface area contributed by atoms with E-state index < -0.39 is 52.2 Å². The van der Waals surface area contributed by atoms with Crippen LogP contribution in [0, 0.1) is 41.8 Å². The zero-order chi connectivity index (χ0) is 62.2. The predicted molar refractivity (Wildman–Crippen MR) is 370 cm³/mol. The van der Waals surface area contributed by atoms with Crippen LogP contribution in [0.15, 0.2) is 110 Å². The Hall–Kier alpha value is -0.381. The number of carbonyl (C=O) groups excluding carboxylic acids is 3. The zero-order valence-electron chi connectivity index (χ0n) is 42.7. The Morgan fingerprint density at radius 1 is 0.704 bits per heavy atom. The molecule has 1 unspecified atom stereocenters. The maximum atomic E-state index is 13.7. The quantitative estimate of drug-likeness (QED) is 0.0343. The SMILES string of the molecule is CCOC(=O)C(Cl)C(C)=O.CCOC(=O)c1c(C)nc2c(OCc3c(F)cccc3F)cccn12.CI.Fc1cccc(F)c1CBr.II.Nc1ncccc1O.Nc1ncccc1OCc1c(F)cccc1F.[I][V]([I])[I].[I][V][I]. The van der Waals surface area contributed by atoms with Crippen LogP contribution in [0.25, 0.3) is 5.65 Å². The predicted octanol–water partition coefficient (Wildman–Crippen LogP) is 17.4. The Morgan fingerprint density at radius 2 is 1.10 bits per heavy atom. The van der Waals surface area contributed by atoms with E-state index in [1.165, 1.54) is 80.0 Å². The Kier molecular flexibility index (Phi) is 50.6. The Labute approximate surface area is 582 Å². The number of hydrogen-bond donors (Lipinski definition) is 3. The molecule has 14 nitrogen and oxygen atoms in total. The van der Waals surface area contributed by atoms with Crippen LogP contribution >= 0.6 is 187 Å². The first-order chi connectivity index (χ1) is 38.5. The Bertz CT molecular complexity index is 2880. The summed E-state index contributed by atoms with van der Waals surface area (Å²) in [7, 11) is 0.628. The average Bonchev–Trinajstić information content (AvgIpc) is 3.90. The number of ether oxygens (including phenoxy) is 4. The zero-order valence-corrected chi connectivity index (χ0v) is 65.1. The van der Waals surface area contributed by atoms with Gasteiger partial charge in [-0.15, -0.1) is 11.6 Å². The van der Waals surface area contributed by atoms with Crippen molar-refractivity contribution in [3.8, 4) is 17.2 Å². The van der Waals surface area contributed by atoms with E-state index >= 15 is 0 Å². The van der Waals surface area contributed by atoms with Crippen LogP contribution in [0.2, 0.25) is 0 Å². The molecule has 7 rings (SSSR count). The van der Waals surface area contributed by atoms with Crippen LogP contribution in [0.4, 0.5) is 38.0 Å². The molecule has 0 aliphatic rings. The van der Waals surface area contributed by atoms with E-state index in [0.29, 0.717) is 38.0 Å². The number of alkyl halides is 3. The van der Waals surface area contributed by atoms with Crippen molar-refractivity contribution in [1.82, 2.24) is 19.4 Å². The number of esters is 2. The van der Waals surface area contributed by atoms with Crippen LogP contribution in [-0.4, -0.2) is 65.7 Å². The Morgan fingerprint density at radius 3 is 1.46 bits per heavy atom. The van der Waals surface area contributed by atoms with Crippen molar-refractivity contribution in [3.05, 3.63) is 173 Å². The van der Waals surface area contributed by atoms with Gasteiger partial charge in [-0.1, -0.05) is 56.7 Å². The third-order valence-electron chi connectivity index (χ3n) is 8.79. The molecule has 0 bridgehead atoms. The van der Waals surface area contributed by atoms with Gasteiger partial charge in [0.2, 0.25) is 0 Å². The van der Waals surface area contributed by atoms with E-state index in [1.807, 2.05) is 4.93 Å². The van der Waals surface area contributed by atoms with Crippen molar-refractivity contribution in [2.75, 3.05) is 29.6 Å². The van der Waals surface area contributed by atoms with Gasteiger partial charge in [-0.3, -0.25) is 9.20 Å². The van der Waals surface area contributed by atoms with E-state index in [4.69, 9.17) is 42.4 Å². The minimum absolute atomic E-state index is 0.0347.